The highest BCUT2D eigenvalue weighted by Gasteiger charge is 2.08. The van der Waals surface area contributed by atoms with E-state index < -0.39 is 0 Å². The number of nitrogens with two attached hydrogens (primary N) is 1. The second-order valence-electron chi connectivity index (χ2n) is 4.49. The van der Waals surface area contributed by atoms with Gasteiger partial charge in [0.25, 0.3) is 0 Å². The summed E-state index contributed by atoms with van der Waals surface area (Å²) in [6.07, 6.45) is 2.63. The van der Waals surface area contributed by atoms with E-state index in [1.54, 1.807) is 0 Å². The normalized spacial score (nSPS) is 11.3. The van der Waals surface area contributed by atoms with Gasteiger partial charge in [0.1, 0.15) is 0 Å². The lowest BCUT2D eigenvalue weighted by Crippen LogP contribution is -1.93. The fraction of sp³-hybridized carbons (Fsp3) is 0.583. The summed E-state index contributed by atoms with van der Waals surface area (Å²) in [4.78, 5) is 8.60. The maximum atomic E-state index is 5.59. The van der Waals surface area contributed by atoms with Gasteiger partial charge in [0, 0.05) is 11.8 Å². The summed E-state index contributed by atoms with van der Waals surface area (Å²) in [7, 11) is 0. The highest BCUT2D eigenvalue weighted by Crippen LogP contribution is 2.16. The molecule has 0 unspecified atom stereocenters. The zero-order valence-electron chi connectivity index (χ0n) is 11.1. The van der Waals surface area contributed by atoms with Crippen LogP contribution in [-0.2, 0) is 18.6 Å². The van der Waals surface area contributed by atoms with Crippen LogP contribution in [0.1, 0.15) is 37.7 Å². The first-order valence-corrected chi connectivity index (χ1v) is 8.19. The first-order chi connectivity index (χ1) is 9.13. The topological polar surface area (TPSA) is 77.8 Å². The van der Waals surface area contributed by atoms with E-state index in [0.29, 0.717) is 16.3 Å². The third-order valence-corrected chi connectivity index (χ3v) is 4.26. The van der Waals surface area contributed by atoms with Gasteiger partial charge in [-0.2, -0.15) is 16.7 Å². The van der Waals surface area contributed by atoms with Crippen LogP contribution in [-0.4, -0.2) is 20.4 Å². The Morgan fingerprint density at radius 2 is 2.21 bits per heavy atom. The molecule has 0 aliphatic heterocycles. The third-order valence-electron chi connectivity index (χ3n) is 2.45. The van der Waals surface area contributed by atoms with E-state index in [2.05, 4.69) is 29.0 Å². The van der Waals surface area contributed by atoms with E-state index in [1.165, 1.54) is 11.3 Å². The monoisotopic (exact) mass is 298 g/mol. The summed E-state index contributed by atoms with van der Waals surface area (Å²) < 4.78 is 5.22. The zero-order chi connectivity index (χ0) is 13.7. The molecule has 2 aromatic heterocycles. The van der Waals surface area contributed by atoms with Crippen LogP contribution in [0.25, 0.3) is 0 Å². The highest BCUT2D eigenvalue weighted by atomic mass is 32.2. The van der Waals surface area contributed by atoms with Crippen LogP contribution in [0, 0.1) is 0 Å². The molecule has 2 rings (SSSR count). The summed E-state index contributed by atoms with van der Waals surface area (Å²) in [6, 6.07) is 0. The molecular formula is C12H18N4OS2. The number of aryl methyl sites for hydroxylation is 2. The van der Waals surface area contributed by atoms with Crippen molar-refractivity contribution >= 4 is 28.2 Å². The fourth-order valence-electron chi connectivity index (χ4n) is 1.55. The Labute approximate surface area is 121 Å². The van der Waals surface area contributed by atoms with Gasteiger partial charge < -0.3 is 10.3 Å². The molecule has 0 saturated heterocycles. The van der Waals surface area contributed by atoms with Crippen LogP contribution in [0.2, 0.25) is 0 Å². The van der Waals surface area contributed by atoms with Gasteiger partial charge >= 0.3 is 0 Å². The Morgan fingerprint density at radius 1 is 1.37 bits per heavy atom. The van der Waals surface area contributed by atoms with Crippen LogP contribution in [0.4, 0.5) is 5.13 Å². The van der Waals surface area contributed by atoms with Crippen molar-refractivity contribution in [3.05, 3.63) is 22.8 Å². The van der Waals surface area contributed by atoms with E-state index in [4.69, 9.17) is 10.3 Å². The number of aromatic nitrogens is 3. The van der Waals surface area contributed by atoms with Crippen molar-refractivity contribution in [2.75, 3.05) is 5.73 Å². The molecular weight excluding hydrogens is 280 g/mol. The van der Waals surface area contributed by atoms with E-state index in [9.17, 15) is 0 Å². The van der Waals surface area contributed by atoms with Crippen molar-refractivity contribution in [2.24, 2.45) is 0 Å². The lowest BCUT2D eigenvalue weighted by Gasteiger charge is -1.99. The second kappa shape index (κ2) is 6.91. The number of rotatable bonds is 7. The molecule has 7 heteroatoms. The van der Waals surface area contributed by atoms with Crippen LogP contribution in [0.15, 0.2) is 9.90 Å². The minimum atomic E-state index is 0.581. The van der Waals surface area contributed by atoms with Crippen molar-refractivity contribution in [2.45, 2.75) is 44.1 Å². The summed E-state index contributed by atoms with van der Waals surface area (Å²) in [5, 5.41) is 7.18. The quantitative estimate of drug-likeness (QED) is 0.846. The molecule has 2 N–H and O–H groups in total. The smallest absolute Gasteiger partial charge is 0.226 e. The summed E-state index contributed by atoms with van der Waals surface area (Å²) in [5.74, 6) is 2.30. The molecule has 0 aliphatic rings. The molecule has 5 nitrogen and oxygen atoms in total. The predicted octanol–water partition coefficient (Wildman–Crippen LogP) is 2.93. The van der Waals surface area contributed by atoms with Crippen LogP contribution < -0.4 is 5.73 Å². The highest BCUT2D eigenvalue weighted by molar-refractivity contribution is 7.99. The first-order valence-electron chi connectivity index (χ1n) is 6.26. The minimum Gasteiger partial charge on any atom is -0.375 e. The van der Waals surface area contributed by atoms with Crippen molar-refractivity contribution < 1.29 is 4.52 Å². The maximum Gasteiger partial charge on any atom is 0.226 e. The number of anilines is 1. The standard InChI is InChI=1S/C12H18N4OS2/c1-8(2)18-7-10-15-11(17-16-10)5-3-4-9-6-19-12(13)14-9/h6,8H,3-5,7H2,1-2H3,(H2,13,14). The second-order valence-corrected chi connectivity index (χ2v) is 6.95. The lowest BCUT2D eigenvalue weighted by atomic mass is 10.2. The molecule has 0 spiro atoms. The summed E-state index contributed by atoms with van der Waals surface area (Å²) in [5.41, 5.74) is 6.63. The number of thioether (sulfide) groups is 1. The Morgan fingerprint density at radius 3 is 2.89 bits per heavy atom. The Hall–Kier alpha value is -1.08. The number of nitrogens with zero attached hydrogens (tertiary/aromatic N) is 3. The van der Waals surface area contributed by atoms with Gasteiger partial charge in [0.15, 0.2) is 11.0 Å². The first kappa shape index (κ1) is 14.3. The average Bonchev–Trinajstić information content (AvgIpc) is 2.96. The number of hydrogen-bond donors (Lipinski definition) is 1. The lowest BCUT2D eigenvalue weighted by molar-refractivity contribution is 0.371. The van der Waals surface area contributed by atoms with Crippen molar-refractivity contribution in [3.63, 3.8) is 0 Å². The van der Waals surface area contributed by atoms with Crippen molar-refractivity contribution in [1.82, 2.24) is 15.1 Å². The Bertz CT molecular complexity index is 509. The Kier molecular flexibility index (Phi) is 5.21. The van der Waals surface area contributed by atoms with Crippen molar-refractivity contribution in [3.8, 4) is 0 Å². The molecule has 0 atom stereocenters. The molecule has 0 aliphatic carbocycles. The zero-order valence-corrected chi connectivity index (χ0v) is 12.8. The van der Waals surface area contributed by atoms with Gasteiger partial charge in [-0.15, -0.1) is 11.3 Å². The van der Waals surface area contributed by atoms with Crippen LogP contribution >= 0.6 is 23.1 Å². The molecule has 0 aromatic carbocycles. The average molecular weight is 298 g/mol. The minimum absolute atomic E-state index is 0.581. The van der Waals surface area contributed by atoms with E-state index in [0.717, 1.165) is 36.5 Å². The molecule has 104 valence electrons. The molecule has 2 aromatic rings. The van der Waals surface area contributed by atoms with E-state index in [1.807, 2.05) is 17.1 Å². The van der Waals surface area contributed by atoms with Gasteiger partial charge in [-0.25, -0.2) is 4.98 Å². The van der Waals surface area contributed by atoms with Gasteiger partial charge in [-0.1, -0.05) is 19.0 Å². The van der Waals surface area contributed by atoms with Crippen molar-refractivity contribution in [1.29, 1.82) is 0 Å². The number of nitrogen functional groups attached to an aromatic ring is 1. The van der Waals surface area contributed by atoms with E-state index in [-0.39, 0.29) is 0 Å². The summed E-state index contributed by atoms with van der Waals surface area (Å²) in [6.45, 7) is 4.32. The third kappa shape index (κ3) is 4.83. The van der Waals surface area contributed by atoms with Gasteiger partial charge in [0.2, 0.25) is 5.89 Å². The van der Waals surface area contributed by atoms with E-state index >= 15 is 0 Å². The predicted molar refractivity (Wildman–Crippen MR) is 79.3 cm³/mol. The molecule has 19 heavy (non-hydrogen) atoms. The molecule has 0 bridgehead atoms. The molecule has 2 heterocycles. The summed E-state index contributed by atoms with van der Waals surface area (Å²) >= 11 is 3.29. The van der Waals surface area contributed by atoms with Gasteiger partial charge in [-0.05, 0) is 18.1 Å². The Balaban J connectivity index is 1.74. The SMILES string of the molecule is CC(C)SCc1noc(CCCc2csc(N)n2)n1. The number of thiazole rings is 1. The maximum absolute atomic E-state index is 5.59. The van der Waals surface area contributed by atoms with Crippen LogP contribution in [0.5, 0.6) is 0 Å². The molecule has 0 fully saturated rings. The van der Waals surface area contributed by atoms with Crippen LogP contribution in [0.3, 0.4) is 0 Å². The largest absolute Gasteiger partial charge is 0.375 e. The molecule has 0 radical (unpaired) electrons. The molecule has 0 amide bonds. The van der Waals surface area contributed by atoms with Gasteiger partial charge in [0.05, 0.1) is 11.4 Å². The molecule has 0 saturated carbocycles. The fourth-order valence-corrected chi connectivity index (χ4v) is 2.75. The van der Waals surface area contributed by atoms with Gasteiger partial charge in [-0.3, -0.25) is 0 Å². The number of hydrogen-bond acceptors (Lipinski definition) is 7.